The molecule has 116 valence electrons. The van der Waals surface area contributed by atoms with Crippen molar-refractivity contribution in [2.24, 2.45) is 0 Å². The highest BCUT2D eigenvalue weighted by Gasteiger charge is 2.38. The van der Waals surface area contributed by atoms with E-state index in [-0.39, 0.29) is 5.91 Å². The van der Waals surface area contributed by atoms with E-state index in [0.29, 0.717) is 5.69 Å². The Balaban J connectivity index is 1.77. The van der Waals surface area contributed by atoms with Gasteiger partial charge in [0.15, 0.2) is 6.19 Å². The molecule has 0 aliphatic carbocycles. The Morgan fingerprint density at radius 1 is 0.958 bits per heavy atom. The van der Waals surface area contributed by atoms with E-state index in [1.54, 1.807) is 0 Å². The first-order chi connectivity index (χ1) is 11.8. The van der Waals surface area contributed by atoms with Crippen LogP contribution in [0.15, 0.2) is 73.1 Å². The molecule has 2 heterocycles. The number of aromatic nitrogens is 1. The van der Waals surface area contributed by atoms with Gasteiger partial charge in [-0.3, -0.25) is 4.79 Å². The third-order valence-corrected chi connectivity index (χ3v) is 4.36. The van der Waals surface area contributed by atoms with Gasteiger partial charge in [-0.1, -0.05) is 42.5 Å². The monoisotopic (exact) mass is 313 g/mol. The Hall–Kier alpha value is -3.32. The molecule has 0 bridgehead atoms. The van der Waals surface area contributed by atoms with Gasteiger partial charge in [-0.05, 0) is 35.7 Å². The third kappa shape index (κ3) is 2.27. The van der Waals surface area contributed by atoms with Crippen LogP contribution in [0.3, 0.4) is 0 Å². The number of hydrogen-bond donors (Lipinski definition) is 0. The van der Waals surface area contributed by atoms with Crippen LogP contribution < -0.4 is 4.90 Å². The molecule has 1 atom stereocenters. The van der Waals surface area contributed by atoms with Crippen LogP contribution in [0.1, 0.15) is 22.7 Å². The number of nitriles is 1. The van der Waals surface area contributed by atoms with Crippen molar-refractivity contribution in [1.82, 2.24) is 4.57 Å². The summed E-state index contributed by atoms with van der Waals surface area (Å²) < 4.78 is 1.85. The lowest BCUT2D eigenvalue weighted by molar-refractivity contribution is -0.119. The second-order valence-electron chi connectivity index (χ2n) is 5.86. The van der Waals surface area contributed by atoms with Crippen LogP contribution in [-0.4, -0.2) is 10.5 Å². The van der Waals surface area contributed by atoms with Gasteiger partial charge in [-0.15, -0.1) is 0 Å². The van der Waals surface area contributed by atoms with E-state index in [4.69, 9.17) is 0 Å². The molecule has 4 heteroatoms. The zero-order chi connectivity index (χ0) is 16.5. The van der Waals surface area contributed by atoms with E-state index >= 15 is 0 Å². The highest BCUT2D eigenvalue weighted by Crippen LogP contribution is 2.38. The predicted octanol–water partition coefficient (Wildman–Crippen LogP) is 3.50. The van der Waals surface area contributed by atoms with Gasteiger partial charge in [-0.25, -0.2) is 4.90 Å². The van der Waals surface area contributed by atoms with Gasteiger partial charge in [0.2, 0.25) is 0 Å². The van der Waals surface area contributed by atoms with E-state index in [2.05, 4.69) is 12.1 Å². The summed E-state index contributed by atoms with van der Waals surface area (Å²) in [5.74, 6) is -0.208. The molecule has 1 amide bonds. The van der Waals surface area contributed by atoms with Crippen molar-refractivity contribution >= 4 is 11.6 Å². The molecule has 1 aliphatic heterocycles. The van der Waals surface area contributed by atoms with Gasteiger partial charge < -0.3 is 4.57 Å². The first kappa shape index (κ1) is 14.3. The maximum atomic E-state index is 12.6. The Bertz CT molecular complexity index is 923. The molecular formula is C20H15N3O. The van der Waals surface area contributed by atoms with Crippen molar-refractivity contribution < 1.29 is 4.79 Å². The quantitative estimate of drug-likeness (QED) is 0.695. The SMILES string of the molecule is N#CN1C(=O)C(n2cccc2)c2cc(Cc3ccccc3)ccc21. The number of benzene rings is 2. The first-order valence-corrected chi connectivity index (χ1v) is 7.81. The van der Waals surface area contributed by atoms with Crippen LogP contribution in [0.5, 0.6) is 0 Å². The summed E-state index contributed by atoms with van der Waals surface area (Å²) >= 11 is 0. The largest absolute Gasteiger partial charge is 0.338 e. The number of anilines is 1. The number of rotatable bonds is 3. The van der Waals surface area contributed by atoms with Gasteiger partial charge in [0, 0.05) is 18.0 Å². The van der Waals surface area contributed by atoms with Gasteiger partial charge in [0.25, 0.3) is 5.91 Å². The van der Waals surface area contributed by atoms with Crippen LogP contribution in [0.2, 0.25) is 0 Å². The summed E-state index contributed by atoms with van der Waals surface area (Å²) in [5, 5.41) is 9.35. The summed E-state index contributed by atoms with van der Waals surface area (Å²) in [5.41, 5.74) is 3.91. The standard InChI is InChI=1S/C20H15N3O/c21-14-23-18-9-8-16(12-15-6-2-1-3-7-15)13-17(18)19(20(23)24)22-10-4-5-11-22/h1-11,13,19H,12H2. The molecule has 1 aliphatic rings. The Morgan fingerprint density at radius 3 is 2.42 bits per heavy atom. The second kappa shape index (κ2) is 5.71. The molecule has 0 fully saturated rings. The zero-order valence-corrected chi connectivity index (χ0v) is 13.0. The van der Waals surface area contributed by atoms with Gasteiger partial charge in [-0.2, -0.15) is 5.26 Å². The number of fused-ring (bicyclic) bond motifs is 1. The third-order valence-electron chi connectivity index (χ3n) is 4.36. The minimum atomic E-state index is -0.467. The molecule has 0 saturated heterocycles. The highest BCUT2D eigenvalue weighted by atomic mass is 16.2. The number of hydrogen-bond acceptors (Lipinski definition) is 2. The van der Waals surface area contributed by atoms with Crippen molar-refractivity contribution in [1.29, 1.82) is 5.26 Å². The van der Waals surface area contributed by atoms with Crippen molar-refractivity contribution in [2.45, 2.75) is 12.5 Å². The zero-order valence-electron chi connectivity index (χ0n) is 13.0. The number of carbonyl (C=O) groups is 1. The Kier molecular flexibility index (Phi) is 3.40. The molecule has 1 aromatic heterocycles. The average molecular weight is 313 g/mol. The van der Waals surface area contributed by atoms with Crippen molar-refractivity contribution in [3.63, 3.8) is 0 Å². The van der Waals surface area contributed by atoms with Crippen molar-refractivity contribution in [2.75, 3.05) is 4.90 Å². The predicted molar refractivity (Wildman–Crippen MR) is 91.4 cm³/mol. The highest BCUT2D eigenvalue weighted by molar-refractivity contribution is 6.07. The molecule has 24 heavy (non-hydrogen) atoms. The van der Waals surface area contributed by atoms with E-state index in [9.17, 15) is 10.1 Å². The van der Waals surface area contributed by atoms with Crippen LogP contribution in [0.25, 0.3) is 0 Å². The topological polar surface area (TPSA) is 49.0 Å². The van der Waals surface area contributed by atoms with Gasteiger partial charge in [0.05, 0.1) is 5.69 Å². The van der Waals surface area contributed by atoms with E-state index < -0.39 is 6.04 Å². The smallest absolute Gasteiger partial charge is 0.268 e. The molecule has 0 radical (unpaired) electrons. The first-order valence-electron chi connectivity index (χ1n) is 7.81. The fourth-order valence-corrected chi connectivity index (χ4v) is 3.25. The van der Waals surface area contributed by atoms with Crippen molar-refractivity contribution in [3.8, 4) is 6.19 Å². The van der Waals surface area contributed by atoms with Crippen LogP contribution in [-0.2, 0) is 11.2 Å². The summed E-state index contributed by atoms with van der Waals surface area (Å²) in [4.78, 5) is 13.8. The molecule has 3 aromatic rings. The summed E-state index contributed by atoms with van der Waals surface area (Å²) in [6.45, 7) is 0. The second-order valence-corrected chi connectivity index (χ2v) is 5.86. The van der Waals surface area contributed by atoms with Gasteiger partial charge >= 0.3 is 0 Å². The number of carbonyl (C=O) groups excluding carboxylic acids is 1. The summed E-state index contributed by atoms with van der Waals surface area (Å²) in [7, 11) is 0. The van der Waals surface area contributed by atoms with E-state index in [0.717, 1.165) is 17.5 Å². The molecule has 4 rings (SSSR count). The molecule has 0 spiro atoms. The number of nitrogens with zero attached hydrogens (tertiary/aromatic N) is 3. The summed E-state index contributed by atoms with van der Waals surface area (Å²) in [6, 6.07) is 19.4. The van der Waals surface area contributed by atoms with E-state index in [1.165, 1.54) is 10.5 Å². The maximum absolute atomic E-state index is 12.6. The lowest BCUT2D eigenvalue weighted by atomic mass is 10.00. The van der Waals surface area contributed by atoms with Crippen molar-refractivity contribution in [3.05, 3.63) is 89.7 Å². The molecule has 2 aromatic carbocycles. The van der Waals surface area contributed by atoms with E-state index in [1.807, 2.05) is 71.7 Å². The molecule has 0 N–H and O–H groups in total. The molecule has 0 saturated carbocycles. The van der Waals surface area contributed by atoms with Crippen LogP contribution in [0, 0.1) is 11.5 Å². The molecule has 1 unspecified atom stereocenters. The normalized spacial score (nSPS) is 16.0. The lowest BCUT2D eigenvalue weighted by Gasteiger charge is -2.12. The van der Waals surface area contributed by atoms with Crippen LogP contribution in [0.4, 0.5) is 5.69 Å². The van der Waals surface area contributed by atoms with Gasteiger partial charge in [0.1, 0.15) is 6.04 Å². The average Bonchev–Trinajstić information content (AvgIpc) is 3.20. The lowest BCUT2D eigenvalue weighted by Crippen LogP contribution is -2.26. The maximum Gasteiger partial charge on any atom is 0.268 e. The van der Waals surface area contributed by atoms with Crippen LogP contribution >= 0.6 is 0 Å². The summed E-state index contributed by atoms with van der Waals surface area (Å²) in [6.07, 6.45) is 6.52. The number of amides is 1. The molecular weight excluding hydrogens is 298 g/mol. The fraction of sp³-hybridized carbons (Fsp3) is 0.100. The Morgan fingerprint density at radius 2 is 1.71 bits per heavy atom. The fourth-order valence-electron chi connectivity index (χ4n) is 3.25. The minimum Gasteiger partial charge on any atom is -0.338 e. The minimum absolute atomic E-state index is 0.208. The molecule has 4 nitrogen and oxygen atoms in total. The Labute approximate surface area is 140 Å².